The minimum absolute atomic E-state index is 0.104. The van der Waals surface area contributed by atoms with E-state index < -0.39 is 18.2 Å². The molecular weight excluding hydrogens is 210 g/mol. The van der Waals surface area contributed by atoms with Crippen molar-refractivity contribution >= 4 is 11.9 Å². The second-order valence-corrected chi connectivity index (χ2v) is 4.14. The van der Waals surface area contributed by atoms with Crippen molar-refractivity contribution < 1.29 is 19.4 Å². The highest BCUT2D eigenvalue weighted by molar-refractivity contribution is 5.81. The molecule has 5 nitrogen and oxygen atoms in total. The van der Waals surface area contributed by atoms with E-state index in [0.717, 1.165) is 32.4 Å². The lowest BCUT2D eigenvalue weighted by atomic mass is 10.1. The van der Waals surface area contributed by atoms with Crippen LogP contribution in [0, 0.1) is 0 Å². The molecular formula is C11H19NO4. The maximum absolute atomic E-state index is 11.9. The summed E-state index contributed by atoms with van der Waals surface area (Å²) in [6.45, 7) is 4.56. The van der Waals surface area contributed by atoms with Gasteiger partial charge in [0.2, 0.25) is 0 Å². The van der Waals surface area contributed by atoms with E-state index in [0.29, 0.717) is 0 Å². The summed E-state index contributed by atoms with van der Waals surface area (Å²) in [5.41, 5.74) is 0. The Morgan fingerprint density at radius 1 is 1.12 bits per heavy atom. The molecule has 0 bridgehead atoms. The average Bonchev–Trinajstić information content (AvgIpc) is 2.28. The zero-order valence-corrected chi connectivity index (χ0v) is 9.81. The molecule has 0 radical (unpaired) electrons. The van der Waals surface area contributed by atoms with E-state index in [2.05, 4.69) is 0 Å². The van der Waals surface area contributed by atoms with Crippen molar-refractivity contribution in [1.82, 2.24) is 4.90 Å². The van der Waals surface area contributed by atoms with E-state index >= 15 is 0 Å². The van der Waals surface area contributed by atoms with Crippen LogP contribution in [-0.4, -0.2) is 47.2 Å². The molecule has 92 valence electrons. The number of piperidine rings is 1. The molecule has 1 heterocycles. The molecule has 2 atom stereocenters. The Labute approximate surface area is 95.4 Å². The van der Waals surface area contributed by atoms with Crippen LogP contribution in [0.1, 0.15) is 33.1 Å². The molecule has 0 spiro atoms. The van der Waals surface area contributed by atoms with Gasteiger partial charge in [-0.05, 0) is 33.1 Å². The first kappa shape index (κ1) is 13.0. The SMILES string of the molecule is CC(O[C@@H](C)C(=O)O)C(=O)N1CCCCC1. The fourth-order valence-electron chi connectivity index (χ4n) is 1.79. The van der Waals surface area contributed by atoms with Gasteiger partial charge in [0.15, 0.2) is 6.10 Å². The van der Waals surface area contributed by atoms with Gasteiger partial charge < -0.3 is 14.7 Å². The van der Waals surface area contributed by atoms with Gasteiger partial charge in [-0.1, -0.05) is 0 Å². The van der Waals surface area contributed by atoms with Crippen LogP contribution in [0.4, 0.5) is 0 Å². The van der Waals surface area contributed by atoms with Crippen LogP contribution in [0.3, 0.4) is 0 Å². The Morgan fingerprint density at radius 2 is 1.69 bits per heavy atom. The first-order valence-corrected chi connectivity index (χ1v) is 5.69. The second kappa shape index (κ2) is 5.84. The molecule has 1 aliphatic rings. The van der Waals surface area contributed by atoms with Gasteiger partial charge in [-0.3, -0.25) is 4.79 Å². The molecule has 0 aromatic carbocycles. The van der Waals surface area contributed by atoms with Crippen LogP contribution >= 0.6 is 0 Å². The normalized spacial score (nSPS) is 20.2. The van der Waals surface area contributed by atoms with Crippen LogP contribution in [0.25, 0.3) is 0 Å². The fourth-order valence-corrected chi connectivity index (χ4v) is 1.79. The number of amides is 1. The number of hydrogen-bond donors (Lipinski definition) is 1. The number of nitrogens with zero attached hydrogens (tertiary/aromatic N) is 1. The summed E-state index contributed by atoms with van der Waals surface area (Å²) in [6.07, 6.45) is 1.58. The largest absolute Gasteiger partial charge is 0.479 e. The van der Waals surface area contributed by atoms with Crippen molar-refractivity contribution in [3.05, 3.63) is 0 Å². The first-order valence-electron chi connectivity index (χ1n) is 5.69. The molecule has 1 rings (SSSR count). The highest BCUT2D eigenvalue weighted by atomic mass is 16.5. The number of carbonyl (C=O) groups is 2. The predicted octanol–water partition coefficient (Wildman–Crippen LogP) is 0.877. The Balaban J connectivity index is 2.43. The fraction of sp³-hybridized carbons (Fsp3) is 0.818. The van der Waals surface area contributed by atoms with Gasteiger partial charge in [0, 0.05) is 13.1 Å². The quantitative estimate of drug-likeness (QED) is 0.777. The standard InChI is InChI=1S/C11H19NO4/c1-8(16-9(2)11(14)15)10(13)12-6-4-3-5-7-12/h8-9H,3-7H2,1-2H3,(H,14,15)/t8?,9-/m0/s1. The average molecular weight is 229 g/mol. The van der Waals surface area contributed by atoms with Crippen molar-refractivity contribution in [3.8, 4) is 0 Å². The summed E-state index contributed by atoms with van der Waals surface area (Å²) in [5, 5.41) is 8.67. The minimum Gasteiger partial charge on any atom is -0.479 e. The number of hydrogen-bond acceptors (Lipinski definition) is 3. The van der Waals surface area contributed by atoms with Crippen LogP contribution in [0.2, 0.25) is 0 Å². The maximum Gasteiger partial charge on any atom is 0.332 e. The van der Waals surface area contributed by atoms with Gasteiger partial charge in [-0.2, -0.15) is 0 Å². The molecule has 1 aliphatic heterocycles. The second-order valence-electron chi connectivity index (χ2n) is 4.14. The van der Waals surface area contributed by atoms with Gasteiger partial charge >= 0.3 is 5.97 Å². The molecule has 0 aromatic rings. The lowest BCUT2D eigenvalue weighted by molar-refractivity contribution is -0.159. The zero-order chi connectivity index (χ0) is 12.1. The molecule has 1 unspecified atom stereocenters. The number of ether oxygens (including phenoxy) is 1. The molecule has 0 aromatic heterocycles. The molecule has 0 aliphatic carbocycles. The van der Waals surface area contributed by atoms with Crippen LogP contribution < -0.4 is 0 Å². The van der Waals surface area contributed by atoms with E-state index in [1.165, 1.54) is 6.92 Å². The van der Waals surface area contributed by atoms with Crippen molar-refractivity contribution in [3.63, 3.8) is 0 Å². The molecule has 0 saturated carbocycles. The van der Waals surface area contributed by atoms with Gasteiger partial charge in [-0.25, -0.2) is 4.79 Å². The number of carbonyl (C=O) groups excluding carboxylic acids is 1. The Morgan fingerprint density at radius 3 is 2.19 bits per heavy atom. The van der Waals surface area contributed by atoms with Gasteiger partial charge in [0.1, 0.15) is 6.10 Å². The highest BCUT2D eigenvalue weighted by Crippen LogP contribution is 2.11. The summed E-state index contributed by atoms with van der Waals surface area (Å²) < 4.78 is 5.14. The Bertz CT molecular complexity index is 261. The summed E-state index contributed by atoms with van der Waals surface area (Å²) in [7, 11) is 0. The van der Waals surface area contributed by atoms with Crippen LogP contribution in [0.15, 0.2) is 0 Å². The molecule has 5 heteroatoms. The third-order valence-corrected chi connectivity index (χ3v) is 2.77. The number of rotatable bonds is 4. The van der Waals surface area contributed by atoms with E-state index in [9.17, 15) is 9.59 Å². The smallest absolute Gasteiger partial charge is 0.332 e. The first-order chi connectivity index (χ1) is 7.52. The molecule has 1 N–H and O–H groups in total. The molecule has 1 saturated heterocycles. The monoisotopic (exact) mass is 229 g/mol. The summed E-state index contributed by atoms with van der Waals surface area (Å²) >= 11 is 0. The third-order valence-electron chi connectivity index (χ3n) is 2.77. The van der Waals surface area contributed by atoms with E-state index in [4.69, 9.17) is 9.84 Å². The van der Waals surface area contributed by atoms with Gasteiger partial charge in [0.05, 0.1) is 0 Å². The number of aliphatic carboxylic acids is 1. The van der Waals surface area contributed by atoms with Gasteiger partial charge in [0.25, 0.3) is 5.91 Å². The molecule has 1 amide bonds. The molecule has 16 heavy (non-hydrogen) atoms. The zero-order valence-electron chi connectivity index (χ0n) is 9.81. The van der Waals surface area contributed by atoms with Crippen molar-refractivity contribution in [2.75, 3.05) is 13.1 Å². The van der Waals surface area contributed by atoms with E-state index in [1.807, 2.05) is 0 Å². The summed E-state index contributed by atoms with van der Waals surface area (Å²) in [4.78, 5) is 24.2. The summed E-state index contributed by atoms with van der Waals surface area (Å²) in [6, 6.07) is 0. The van der Waals surface area contributed by atoms with Crippen molar-refractivity contribution in [2.24, 2.45) is 0 Å². The third kappa shape index (κ3) is 3.48. The van der Waals surface area contributed by atoms with E-state index in [-0.39, 0.29) is 5.91 Å². The molecule has 1 fully saturated rings. The Hall–Kier alpha value is -1.10. The lowest BCUT2D eigenvalue weighted by Gasteiger charge is -2.29. The maximum atomic E-state index is 11.9. The number of carboxylic acids is 1. The summed E-state index contributed by atoms with van der Waals surface area (Å²) in [5.74, 6) is -1.15. The Kier molecular flexibility index (Phi) is 4.73. The minimum atomic E-state index is -1.04. The van der Waals surface area contributed by atoms with Crippen molar-refractivity contribution in [2.45, 2.75) is 45.3 Å². The number of likely N-dealkylation sites (tertiary alicyclic amines) is 1. The predicted molar refractivity (Wildman–Crippen MR) is 58.1 cm³/mol. The van der Waals surface area contributed by atoms with Crippen molar-refractivity contribution in [1.29, 1.82) is 0 Å². The topological polar surface area (TPSA) is 66.8 Å². The highest BCUT2D eigenvalue weighted by Gasteiger charge is 2.25. The lowest BCUT2D eigenvalue weighted by Crippen LogP contribution is -2.43. The van der Waals surface area contributed by atoms with Gasteiger partial charge in [-0.15, -0.1) is 0 Å². The number of carboxylic acid groups (broad SMARTS) is 1. The van der Waals surface area contributed by atoms with Crippen LogP contribution in [0.5, 0.6) is 0 Å². The van der Waals surface area contributed by atoms with E-state index in [1.54, 1.807) is 11.8 Å². The van der Waals surface area contributed by atoms with Crippen LogP contribution in [-0.2, 0) is 14.3 Å².